The largest absolute Gasteiger partial charge is 0.465 e. The Morgan fingerprint density at radius 1 is 1.33 bits per heavy atom. The smallest absolute Gasteiger partial charge is 0.323 e. The fourth-order valence-corrected chi connectivity index (χ4v) is 1.21. The van der Waals surface area contributed by atoms with Crippen LogP contribution >= 0.6 is 0 Å². The van der Waals surface area contributed by atoms with E-state index >= 15 is 0 Å². The molecule has 2 atom stereocenters. The summed E-state index contributed by atoms with van der Waals surface area (Å²) in [5, 5.41) is 0. The van der Waals surface area contributed by atoms with Crippen molar-refractivity contribution < 1.29 is 19.0 Å². The maximum absolute atomic E-state index is 11.3. The first kappa shape index (κ1) is 14.3. The van der Waals surface area contributed by atoms with Crippen molar-refractivity contribution >= 4 is 5.97 Å². The number of hydrogen-bond donors (Lipinski definition) is 1. The average Bonchev–Trinajstić information content (AvgIpc) is 2.24. The number of carbonyl (C=O) groups excluding carboxylic acids is 1. The SMILES string of the molecule is CCOC(=O)C(N)[C@H](C)CC(OC)OC. The van der Waals surface area contributed by atoms with Gasteiger partial charge in [0.1, 0.15) is 6.04 Å². The van der Waals surface area contributed by atoms with E-state index in [9.17, 15) is 4.79 Å². The summed E-state index contributed by atoms with van der Waals surface area (Å²) in [7, 11) is 3.10. The molecule has 0 aromatic rings. The number of hydrogen-bond acceptors (Lipinski definition) is 5. The fourth-order valence-electron chi connectivity index (χ4n) is 1.21. The lowest BCUT2D eigenvalue weighted by Crippen LogP contribution is -2.40. The first-order valence-electron chi connectivity index (χ1n) is 5.04. The number of esters is 1. The van der Waals surface area contributed by atoms with E-state index < -0.39 is 6.04 Å². The molecule has 0 saturated carbocycles. The second-order valence-corrected chi connectivity index (χ2v) is 3.39. The molecule has 0 bridgehead atoms. The molecule has 0 aliphatic rings. The van der Waals surface area contributed by atoms with Crippen LogP contribution in [0.5, 0.6) is 0 Å². The highest BCUT2D eigenvalue weighted by molar-refractivity contribution is 5.75. The van der Waals surface area contributed by atoms with Crippen molar-refractivity contribution in [2.45, 2.75) is 32.6 Å². The van der Waals surface area contributed by atoms with Crippen LogP contribution in [0.1, 0.15) is 20.3 Å². The monoisotopic (exact) mass is 219 g/mol. The molecule has 5 nitrogen and oxygen atoms in total. The van der Waals surface area contributed by atoms with Gasteiger partial charge in [-0.2, -0.15) is 0 Å². The van der Waals surface area contributed by atoms with Crippen molar-refractivity contribution in [2.24, 2.45) is 11.7 Å². The van der Waals surface area contributed by atoms with Gasteiger partial charge < -0.3 is 19.9 Å². The van der Waals surface area contributed by atoms with E-state index in [1.807, 2.05) is 6.92 Å². The van der Waals surface area contributed by atoms with Crippen molar-refractivity contribution in [3.05, 3.63) is 0 Å². The van der Waals surface area contributed by atoms with Gasteiger partial charge in [-0.15, -0.1) is 0 Å². The van der Waals surface area contributed by atoms with Gasteiger partial charge >= 0.3 is 5.97 Å². The van der Waals surface area contributed by atoms with Crippen molar-refractivity contribution in [3.8, 4) is 0 Å². The first-order chi connectivity index (χ1) is 7.06. The lowest BCUT2D eigenvalue weighted by atomic mass is 9.99. The number of nitrogens with two attached hydrogens (primary N) is 1. The maximum atomic E-state index is 11.3. The summed E-state index contributed by atoms with van der Waals surface area (Å²) in [4.78, 5) is 11.3. The summed E-state index contributed by atoms with van der Waals surface area (Å²) in [6.45, 7) is 3.96. The zero-order valence-corrected chi connectivity index (χ0v) is 9.86. The van der Waals surface area contributed by atoms with Crippen LogP contribution in [0.4, 0.5) is 0 Å². The molecule has 1 unspecified atom stereocenters. The van der Waals surface area contributed by atoms with Crippen LogP contribution < -0.4 is 5.73 Å². The summed E-state index contributed by atoms with van der Waals surface area (Å²) in [5.74, 6) is -0.426. The van der Waals surface area contributed by atoms with Gasteiger partial charge in [0.25, 0.3) is 0 Å². The fraction of sp³-hybridized carbons (Fsp3) is 0.900. The number of ether oxygens (including phenoxy) is 3. The molecule has 0 radical (unpaired) electrons. The van der Waals surface area contributed by atoms with Gasteiger partial charge in [0.05, 0.1) is 6.61 Å². The molecular formula is C10H21NO4. The lowest BCUT2D eigenvalue weighted by molar-refractivity contribution is -0.148. The van der Waals surface area contributed by atoms with Gasteiger partial charge in [-0.3, -0.25) is 4.79 Å². The molecule has 0 aliphatic heterocycles. The number of carbonyl (C=O) groups is 1. The molecule has 5 heteroatoms. The minimum atomic E-state index is -0.627. The Morgan fingerprint density at radius 2 is 1.87 bits per heavy atom. The summed E-state index contributed by atoms with van der Waals surface area (Å²) in [6, 6.07) is -0.627. The van der Waals surface area contributed by atoms with E-state index in [1.54, 1.807) is 21.1 Å². The molecule has 2 N–H and O–H groups in total. The molecule has 0 fully saturated rings. The van der Waals surface area contributed by atoms with E-state index in [0.29, 0.717) is 13.0 Å². The zero-order chi connectivity index (χ0) is 11.8. The number of methoxy groups -OCH3 is 2. The Balaban J connectivity index is 4.07. The standard InChI is InChI=1S/C10H21NO4/c1-5-15-10(12)9(11)7(2)6-8(13-3)14-4/h7-9H,5-6,11H2,1-4H3/t7-,9?/m1/s1. The van der Waals surface area contributed by atoms with Crippen LogP contribution in [0.15, 0.2) is 0 Å². The highest BCUT2D eigenvalue weighted by atomic mass is 16.7. The second kappa shape index (κ2) is 7.62. The molecule has 0 aromatic carbocycles. The highest BCUT2D eigenvalue weighted by Gasteiger charge is 2.24. The summed E-state index contributed by atoms with van der Waals surface area (Å²) < 4.78 is 14.9. The normalized spacial score (nSPS) is 15.1. The third-order valence-electron chi connectivity index (χ3n) is 2.26. The third-order valence-corrected chi connectivity index (χ3v) is 2.26. The second-order valence-electron chi connectivity index (χ2n) is 3.39. The maximum Gasteiger partial charge on any atom is 0.323 e. The van der Waals surface area contributed by atoms with Crippen molar-refractivity contribution in [3.63, 3.8) is 0 Å². The molecule has 0 aromatic heterocycles. The van der Waals surface area contributed by atoms with E-state index in [2.05, 4.69) is 0 Å². The molecule has 0 amide bonds. The van der Waals surface area contributed by atoms with E-state index in [0.717, 1.165) is 0 Å². The topological polar surface area (TPSA) is 70.8 Å². The van der Waals surface area contributed by atoms with Crippen molar-refractivity contribution in [1.29, 1.82) is 0 Å². The predicted octanol–water partition coefficient (Wildman–Crippen LogP) is 0.522. The Hall–Kier alpha value is -0.650. The van der Waals surface area contributed by atoms with Crippen molar-refractivity contribution in [2.75, 3.05) is 20.8 Å². The lowest BCUT2D eigenvalue weighted by Gasteiger charge is -2.22. The Labute approximate surface area is 90.9 Å². The Bertz CT molecular complexity index is 182. The molecule has 0 rings (SSSR count). The zero-order valence-electron chi connectivity index (χ0n) is 9.86. The van der Waals surface area contributed by atoms with Crippen LogP contribution in [0.2, 0.25) is 0 Å². The van der Waals surface area contributed by atoms with Crippen LogP contribution in [-0.4, -0.2) is 39.1 Å². The molecule has 90 valence electrons. The van der Waals surface area contributed by atoms with Crippen molar-refractivity contribution in [1.82, 2.24) is 0 Å². The van der Waals surface area contributed by atoms with Crippen LogP contribution in [0, 0.1) is 5.92 Å². The minimum absolute atomic E-state index is 0.0473. The first-order valence-corrected chi connectivity index (χ1v) is 5.04. The van der Waals surface area contributed by atoms with Gasteiger partial charge in [-0.25, -0.2) is 0 Å². The highest BCUT2D eigenvalue weighted by Crippen LogP contribution is 2.13. The van der Waals surface area contributed by atoms with Gasteiger partial charge in [0.15, 0.2) is 6.29 Å². The average molecular weight is 219 g/mol. The summed E-state index contributed by atoms with van der Waals surface area (Å²) in [5.41, 5.74) is 5.72. The molecule has 0 heterocycles. The Morgan fingerprint density at radius 3 is 2.27 bits per heavy atom. The van der Waals surface area contributed by atoms with Gasteiger partial charge in [-0.05, 0) is 12.8 Å². The quantitative estimate of drug-likeness (QED) is 0.499. The summed E-state index contributed by atoms with van der Waals surface area (Å²) >= 11 is 0. The van der Waals surface area contributed by atoms with Crippen LogP contribution in [0.25, 0.3) is 0 Å². The molecule has 0 spiro atoms. The predicted molar refractivity (Wildman–Crippen MR) is 56.2 cm³/mol. The van der Waals surface area contributed by atoms with Gasteiger partial charge in [0, 0.05) is 20.6 Å². The van der Waals surface area contributed by atoms with E-state index in [-0.39, 0.29) is 18.2 Å². The Kier molecular flexibility index (Phi) is 7.29. The van der Waals surface area contributed by atoms with Gasteiger partial charge in [-0.1, -0.05) is 6.92 Å². The van der Waals surface area contributed by atoms with E-state index in [1.165, 1.54) is 0 Å². The molecule has 0 saturated heterocycles. The molecule has 15 heavy (non-hydrogen) atoms. The molecular weight excluding hydrogens is 198 g/mol. The van der Waals surface area contributed by atoms with Gasteiger partial charge in [0.2, 0.25) is 0 Å². The van der Waals surface area contributed by atoms with E-state index in [4.69, 9.17) is 19.9 Å². The molecule has 0 aliphatic carbocycles. The van der Waals surface area contributed by atoms with Crippen LogP contribution in [0.3, 0.4) is 0 Å². The third kappa shape index (κ3) is 5.11. The summed E-state index contributed by atoms with van der Waals surface area (Å²) in [6.07, 6.45) is 0.230. The van der Waals surface area contributed by atoms with Crippen LogP contribution in [-0.2, 0) is 19.0 Å². The number of rotatable bonds is 7. The minimum Gasteiger partial charge on any atom is -0.465 e.